The summed E-state index contributed by atoms with van der Waals surface area (Å²) in [6, 6.07) is 18.1. The van der Waals surface area contributed by atoms with E-state index in [4.69, 9.17) is 16.3 Å². The molecule has 0 aliphatic carbocycles. The van der Waals surface area contributed by atoms with Crippen LogP contribution in [0.4, 0.5) is 5.69 Å². The van der Waals surface area contributed by atoms with Crippen LogP contribution in [-0.4, -0.2) is 12.8 Å². The predicted octanol–water partition coefficient (Wildman–Crippen LogP) is 5.65. The van der Waals surface area contributed by atoms with Crippen LogP contribution in [0.25, 0.3) is 10.8 Å². The van der Waals surface area contributed by atoms with Gasteiger partial charge in [0.1, 0.15) is 5.75 Å². The molecule has 0 fully saturated rings. The van der Waals surface area contributed by atoms with Gasteiger partial charge in [-0.15, -0.1) is 0 Å². The van der Waals surface area contributed by atoms with Gasteiger partial charge in [-0.2, -0.15) is 5.10 Å². The Bertz CT molecular complexity index is 919. The second-order valence-electron chi connectivity index (χ2n) is 5.70. The number of hydrogen-bond acceptors (Lipinski definition) is 3. The van der Waals surface area contributed by atoms with Crippen molar-refractivity contribution in [3.8, 4) is 5.75 Å². The lowest BCUT2D eigenvalue weighted by atomic mass is 10.0. The normalized spacial score (nSPS) is 11.6. The van der Waals surface area contributed by atoms with Gasteiger partial charge in [0.25, 0.3) is 0 Å². The SMILES string of the molecule is COc1ccc2cc(/C(C)=N/Nc3ccc(C)c(Cl)c3)ccc2c1. The molecule has 3 nitrogen and oxygen atoms in total. The number of anilines is 1. The zero-order valence-corrected chi connectivity index (χ0v) is 14.7. The lowest BCUT2D eigenvalue weighted by Gasteiger charge is -2.07. The Balaban J connectivity index is 1.84. The Labute approximate surface area is 146 Å². The van der Waals surface area contributed by atoms with Crippen molar-refractivity contribution < 1.29 is 4.74 Å². The lowest BCUT2D eigenvalue weighted by molar-refractivity contribution is 0.415. The van der Waals surface area contributed by atoms with E-state index in [9.17, 15) is 0 Å². The number of halogens is 1. The zero-order valence-electron chi connectivity index (χ0n) is 13.9. The molecule has 0 saturated carbocycles. The molecule has 3 rings (SSSR count). The van der Waals surface area contributed by atoms with Crippen LogP contribution < -0.4 is 10.2 Å². The predicted molar refractivity (Wildman–Crippen MR) is 103 cm³/mol. The van der Waals surface area contributed by atoms with Crippen LogP contribution in [0.5, 0.6) is 5.75 Å². The fraction of sp³-hybridized carbons (Fsp3) is 0.150. The van der Waals surface area contributed by atoms with E-state index < -0.39 is 0 Å². The highest BCUT2D eigenvalue weighted by Crippen LogP contribution is 2.23. The van der Waals surface area contributed by atoms with Crippen LogP contribution in [0.1, 0.15) is 18.1 Å². The zero-order chi connectivity index (χ0) is 17.1. The minimum atomic E-state index is 0.729. The summed E-state index contributed by atoms with van der Waals surface area (Å²) in [5.74, 6) is 0.860. The van der Waals surface area contributed by atoms with Gasteiger partial charge in [-0.1, -0.05) is 35.9 Å². The molecule has 0 aromatic heterocycles. The van der Waals surface area contributed by atoms with E-state index in [2.05, 4.69) is 34.8 Å². The number of hydrogen-bond donors (Lipinski definition) is 1. The lowest BCUT2D eigenvalue weighted by Crippen LogP contribution is -2.00. The Hall–Kier alpha value is -2.52. The Kier molecular flexibility index (Phi) is 4.72. The molecule has 122 valence electrons. The number of hydrazone groups is 1. The number of benzene rings is 3. The second-order valence-corrected chi connectivity index (χ2v) is 6.11. The van der Waals surface area contributed by atoms with Crippen LogP contribution in [0, 0.1) is 6.92 Å². The highest BCUT2D eigenvalue weighted by molar-refractivity contribution is 6.31. The summed E-state index contributed by atoms with van der Waals surface area (Å²) < 4.78 is 5.26. The first-order valence-corrected chi connectivity index (χ1v) is 8.09. The van der Waals surface area contributed by atoms with Crippen LogP contribution in [0.2, 0.25) is 5.02 Å². The maximum Gasteiger partial charge on any atom is 0.119 e. The van der Waals surface area contributed by atoms with E-state index in [0.717, 1.165) is 44.1 Å². The van der Waals surface area contributed by atoms with Crippen LogP contribution in [0.15, 0.2) is 59.7 Å². The maximum atomic E-state index is 6.14. The molecule has 3 aromatic rings. The van der Waals surface area contributed by atoms with Crippen molar-refractivity contribution in [1.82, 2.24) is 0 Å². The smallest absolute Gasteiger partial charge is 0.119 e. The van der Waals surface area contributed by atoms with Crippen LogP contribution in [0.3, 0.4) is 0 Å². The van der Waals surface area contributed by atoms with E-state index in [1.165, 1.54) is 0 Å². The van der Waals surface area contributed by atoms with Gasteiger partial charge in [-0.25, -0.2) is 0 Å². The highest BCUT2D eigenvalue weighted by Gasteiger charge is 2.02. The monoisotopic (exact) mass is 338 g/mol. The third kappa shape index (κ3) is 3.52. The van der Waals surface area contributed by atoms with Gasteiger partial charge >= 0.3 is 0 Å². The van der Waals surface area contributed by atoms with Crippen LogP contribution >= 0.6 is 11.6 Å². The summed E-state index contributed by atoms with van der Waals surface area (Å²) in [7, 11) is 1.68. The van der Waals surface area contributed by atoms with Gasteiger partial charge < -0.3 is 4.74 Å². The number of fused-ring (bicyclic) bond motifs is 1. The molecule has 0 atom stereocenters. The van der Waals surface area contributed by atoms with E-state index in [-0.39, 0.29) is 0 Å². The minimum Gasteiger partial charge on any atom is -0.497 e. The van der Waals surface area contributed by atoms with Crippen molar-refractivity contribution >= 4 is 33.8 Å². The molecule has 1 N–H and O–H groups in total. The molecular weight excluding hydrogens is 320 g/mol. The molecule has 3 aromatic carbocycles. The summed E-state index contributed by atoms with van der Waals surface area (Å²) in [5, 5.41) is 7.49. The average Bonchev–Trinajstić information content (AvgIpc) is 2.61. The summed E-state index contributed by atoms with van der Waals surface area (Å²) in [6.07, 6.45) is 0. The highest BCUT2D eigenvalue weighted by atomic mass is 35.5. The quantitative estimate of drug-likeness (QED) is 0.493. The number of nitrogens with one attached hydrogen (secondary N) is 1. The third-order valence-electron chi connectivity index (χ3n) is 3.99. The van der Waals surface area contributed by atoms with Gasteiger partial charge in [0.15, 0.2) is 0 Å². The van der Waals surface area contributed by atoms with Crippen molar-refractivity contribution in [3.63, 3.8) is 0 Å². The fourth-order valence-corrected chi connectivity index (χ4v) is 2.63. The first-order valence-electron chi connectivity index (χ1n) is 7.71. The molecule has 0 saturated heterocycles. The van der Waals surface area contributed by atoms with Gasteiger partial charge in [0, 0.05) is 5.02 Å². The molecule has 0 bridgehead atoms. The van der Waals surface area contributed by atoms with Crippen LogP contribution in [-0.2, 0) is 0 Å². The summed E-state index contributed by atoms with van der Waals surface area (Å²) in [4.78, 5) is 0. The summed E-state index contributed by atoms with van der Waals surface area (Å²) >= 11 is 6.14. The molecule has 24 heavy (non-hydrogen) atoms. The van der Waals surface area contributed by atoms with Gasteiger partial charge in [0.2, 0.25) is 0 Å². The van der Waals surface area contributed by atoms with Crippen molar-refractivity contribution in [2.75, 3.05) is 12.5 Å². The summed E-state index contributed by atoms with van der Waals surface area (Å²) in [6.45, 7) is 3.96. The largest absolute Gasteiger partial charge is 0.497 e. The molecule has 0 heterocycles. The van der Waals surface area contributed by atoms with Crippen molar-refractivity contribution in [1.29, 1.82) is 0 Å². The number of nitrogens with zero attached hydrogens (tertiary/aromatic N) is 1. The van der Waals surface area contributed by atoms with E-state index >= 15 is 0 Å². The molecule has 0 aliphatic heterocycles. The van der Waals surface area contributed by atoms with Crippen molar-refractivity contribution in [3.05, 3.63) is 70.7 Å². The molecule has 0 radical (unpaired) electrons. The summed E-state index contributed by atoms with van der Waals surface area (Å²) in [5.41, 5.74) is 6.96. The number of ether oxygens (including phenoxy) is 1. The van der Waals surface area contributed by atoms with Gasteiger partial charge in [0.05, 0.1) is 18.5 Å². The number of rotatable bonds is 4. The fourth-order valence-electron chi connectivity index (χ4n) is 2.45. The van der Waals surface area contributed by atoms with Gasteiger partial charge in [-0.05, 0) is 66.1 Å². The van der Waals surface area contributed by atoms with E-state index in [1.807, 2.05) is 44.2 Å². The molecule has 0 spiro atoms. The Morgan fingerprint density at radius 3 is 2.50 bits per heavy atom. The molecule has 0 aliphatic rings. The molecule has 4 heteroatoms. The third-order valence-corrected chi connectivity index (χ3v) is 4.40. The maximum absolute atomic E-state index is 6.14. The van der Waals surface area contributed by atoms with Crippen molar-refractivity contribution in [2.24, 2.45) is 5.10 Å². The molecular formula is C20H19ClN2O. The molecule has 0 unspecified atom stereocenters. The van der Waals surface area contributed by atoms with Crippen molar-refractivity contribution in [2.45, 2.75) is 13.8 Å². The Morgan fingerprint density at radius 1 is 1.00 bits per heavy atom. The second kappa shape index (κ2) is 6.93. The van der Waals surface area contributed by atoms with E-state index in [0.29, 0.717) is 0 Å². The standard InChI is InChI=1S/C20H19ClN2O/c1-13-4-8-18(12-20(13)21)23-22-14(2)15-5-6-17-11-19(24-3)9-7-16(17)10-15/h4-12,23H,1-3H3/b22-14+. The van der Waals surface area contributed by atoms with E-state index in [1.54, 1.807) is 7.11 Å². The van der Waals surface area contributed by atoms with Gasteiger partial charge in [-0.3, -0.25) is 5.43 Å². The first-order chi connectivity index (χ1) is 11.6. The topological polar surface area (TPSA) is 33.6 Å². The number of aryl methyl sites for hydroxylation is 1. The molecule has 0 amide bonds. The first kappa shape index (κ1) is 16.3. The number of methoxy groups -OCH3 is 1. The average molecular weight is 339 g/mol. The Morgan fingerprint density at radius 2 is 1.75 bits per heavy atom. The minimum absolute atomic E-state index is 0.729.